The highest BCUT2D eigenvalue weighted by molar-refractivity contribution is 6.21. The van der Waals surface area contributed by atoms with Crippen molar-refractivity contribution in [3.63, 3.8) is 0 Å². The van der Waals surface area contributed by atoms with Crippen LogP contribution in [-0.2, 0) is 0 Å². The fraction of sp³-hybridized carbons (Fsp3) is 0. The summed E-state index contributed by atoms with van der Waals surface area (Å²) >= 11 is 0. The SMILES string of the molecule is c1ccc(-c2c3ccccc3c(-c3cc(-c4ccc(-c5ccc6ncccc6c5)cc4)nc(-c4ccc(-c5ccc6ncccc6c5)cc4)n3)c3ccccc23)cc1. The number of aromatic nitrogens is 4. The van der Waals surface area contributed by atoms with E-state index >= 15 is 0 Å². The fourth-order valence-corrected chi connectivity index (χ4v) is 8.33. The molecule has 3 aromatic heterocycles. The maximum Gasteiger partial charge on any atom is 0.160 e. The summed E-state index contributed by atoms with van der Waals surface area (Å²) in [5, 5.41) is 6.92. The summed E-state index contributed by atoms with van der Waals surface area (Å²) in [6.45, 7) is 0. The molecule has 0 spiro atoms. The topological polar surface area (TPSA) is 51.6 Å². The summed E-state index contributed by atoms with van der Waals surface area (Å²) < 4.78 is 0. The molecule has 0 bridgehead atoms. The van der Waals surface area contributed by atoms with Crippen molar-refractivity contribution in [1.82, 2.24) is 19.9 Å². The second kappa shape index (κ2) is 14.0. The maximum atomic E-state index is 5.41. The van der Waals surface area contributed by atoms with Crippen molar-refractivity contribution in [2.75, 3.05) is 0 Å². The quantitative estimate of drug-likeness (QED) is 0.159. The van der Waals surface area contributed by atoms with E-state index in [4.69, 9.17) is 9.97 Å². The van der Waals surface area contributed by atoms with Crippen LogP contribution in [0.3, 0.4) is 0 Å². The molecule has 0 aliphatic carbocycles. The van der Waals surface area contributed by atoms with E-state index in [1.54, 1.807) is 0 Å². The van der Waals surface area contributed by atoms with E-state index < -0.39 is 0 Å². The summed E-state index contributed by atoms with van der Waals surface area (Å²) in [5.74, 6) is 0.674. The van der Waals surface area contributed by atoms with Crippen LogP contribution in [0.5, 0.6) is 0 Å². The third kappa shape index (κ3) is 5.96. The lowest BCUT2D eigenvalue weighted by Gasteiger charge is -2.18. The van der Waals surface area contributed by atoms with Gasteiger partial charge in [0, 0.05) is 39.9 Å². The largest absolute Gasteiger partial charge is 0.256 e. The molecule has 0 saturated heterocycles. The van der Waals surface area contributed by atoms with Crippen molar-refractivity contribution in [2.45, 2.75) is 0 Å². The second-order valence-electron chi connectivity index (χ2n) is 14.6. The molecule has 0 unspecified atom stereocenters. The Balaban J connectivity index is 1.09. The predicted molar refractivity (Wildman–Crippen MR) is 240 cm³/mol. The lowest BCUT2D eigenvalue weighted by molar-refractivity contribution is 1.19. The average molecular weight is 739 g/mol. The van der Waals surface area contributed by atoms with E-state index in [0.717, 1.165) is 82.9 Å². The van der Waals surface area contributed by atoms with Crippen molar-refractivity contribution in [2.24, 2.45) is 0 Å². The highest BCUT2D eigenvalue weighted by Gasteiger charge is 2.19. The van der Waals surface area contributed by atoms with Gasteiger partial charge in [-0.05, 0) is 97.4 Å². The summed E-state index contributed by atoms with van der Waals surface area (Å²) in [4.78, 5) is 19.7. The first-order valence-corrected chi connectivity index (χ1v) is 19.5. The van der Waals surface area contributed by atoms with E-state index in [-0.39, 0.29) is 0 Å². The Hall–Kier alpha value is -7.82. The predicted octanol–water partition coefficient (Wildman–Crippen LogP) is 13.9. The van der Waals surface area contributed by atoms with Gasteiger partial charge in [0.1, 0.15) is 0 Å². The number of nitrogens with zero attached hydrogens (tertiary/aromatic N) is 4. The Morgan fingerprint density at radius 1 is 0.276 bits per heavy atom. The van der Waals surface area contributed by atoms with Crippen molar-refractivity contribution in [1.29, 1.82) is 0 Å². The Morgan fingerprint density at radius 3 is 1.28 bits per heavy atom. The minimum Gasteiger partial charge on any atom is -0.256 e. The van der Waals surface area contributed by atoms with Gasteiger partial charge >= 0.3 is 0 Å². The second-order valence-corrected chi connectivity index (χ2v) is 14.6. The molecule has 4 heteroatoms. The molecule has 0 N–H and O–H groups in total. The smallest absolute Gasteiger partial charge is 0.160 e. The van der Waals surface area contributed by atoms with Crippen molar-refractivity contribution in [3.8, 4) is 67.3 Å². The van der Waals surface area contributed by atoms with Crippen LogP contribution in [-0.4, -0.2) is 19.9 Å². The molecule has 0 aliphatic heterocycles. The lowest BCUT2D eigenvalue weighted by atomic mass is 9.87. The Bertz CT molecular complexity index is 3120. The van der Waals surface area contributed by atoms with Gasteiger partial charge in [0.05, 0.1) is 22.4 Å². The van der Waals surface area contributed by atoms with Crippen molar-refractivity contribution < 1.29 is 0 Å². The summed E-state index contributed by atoms with van der Waals surface area (Å²) in [6.07, 6.45) is 3.67. The molecule has 0 aliphatic rings. The molecule has 0 amide bonds. The van der Waals surface area contributed by atoms with Crippen LogP contribution >= 0.6 is 0 Å². The van der Waals surface area contributed by atoms with E-state index in [1.165, 1.54) is 21.9 Å². The van der Waals surface area contributed by atoms with Crippen molar-refractivity contribution >= 4 is 43.4 Å². The van der Waals surface area contributed by atoms with Crippen LogP contribution in [0.1, 0.15) is 0 Å². The van der Waals surface area contributed by atoms with Gasteiger partial charge in [0.25, 0.3) is 0 Å². The van der Waals surface area contributed by atoms with Gasteiger partial charge in [-0.2, -0.15) is 0 Å². The number of fused-ring (bicyclic) bond motifs is 4. The third-order valence-corrected chi connectivity index (χ3v) is 11.2. The van der Waals surface area contributed by atoms with Gasteiger partial charge in [-0.25, -0.2) is 9.97 Å². The van der Waals surface area contributed by atoms with Gasteiger partial charge in [-0.15, -0.1) is 0 Å². The zero-order chi connectivity index (χ0) is 38.4. The molecule has 11 aromatic rings. The number of pyridine rings is 2. The number of rotatable bonds is 6. The molecule has 3 heterocycles. The first-order valence-electron chi connectivity index (χ1n) is 19.5. The monoisotopic (exact) mass is 738 g/mol. The molecule has 0 atom stereocenters. The van der Waals surface area contributed by atoms with Gasteiger partial charge in [0.15, 0.2) is 5.82 Å². The molecule has 0 saturated carbocycles. The fourth-order valence-electron chi connectivity index (χ4n) is 8.33. The minimum atomic E-state index is 0.674. The molecular formula is C54H34N4. The van der Waals surface area contributed by atoms with Crippen LogP contribution < -0.4 is 0 Å². The lowest BCUT2D eigenvalue weighted by Crippen LogP contribution is -1.98. The van der Waals surface area contributed by atoms with Gasteiger partial charge in [0.2, 0.25) is 0 Å². The van der Waals surface area contributed by atoms with Crippen LogP contribution in [0.15, 0.2) is 207 Å². The van der Waals surface area contributed by atoms with Crippen molar-refractivity contribution in [3.05, 3.63) is 207 Å². The molecule has 58 heavy (non-hydrogen) atoms. The molecule has 0 fully saturated rings. The normalized spacial score (nSPS) is 11.4. The zero-order valence-electron chi connectivity index (χ0n) is 31.4. The van der Waals surface area contributed by atoms with Crippen LogP contribution in [0.4, 0.5) is 0 Å². The standard InChI is InChI=1S/C54H34N4/c1-2-10-38(11-3-1)52-44-14-4-6-16-46(44)53(47-17-7-5-15-45(47)52)51-34-50(37-22-18-35(19-23-37)40-26-28-48-42(32-40)12-8-30-55-48)57-54(58-51)39-24-20-36(21-25-39)41-27-29-49-43(33-41)13-9-31-56-49/h1-34H. The first-order chi connectivity index (χ1) is 28.7. The number of hydrogen-bond acceptors (Lipinski definition) is 4. The minimum absolute atomic E-state index is 0.674. The van der Waals surface area contributed by atoms with E-state index in [1.807, 2.05) is 24.5 Å². The summed E-state index contributed by atoms with van der Waals surface area (Å²) in [5.41, 5.74) is 13.7. The number of benzene rings is 8. The molecule has 8 aromatic carbocycles. The Kier molecular flexibility index (Phi) is 8.11. The summed E-state index contributed by atoms with van der Waals surface area (Å²) in [7, 11) is 0. The zero-order valence-corrected chi connectivity index (χ0v) is 31.4. The van der Waals surface area contributed by atoms with Crippen LogP contribution in [0.2, 0.25) is 0 Å². The van der Waals surface area contributed by atoms with Crippen LogP contribution in [0, 0.1) is 0 Å². The molecule has 270 valence electrons. The molecule has 4 nitrogen and oxygen atoms in total. The highest BCUT2D eigenvalue weighted by atomic mass is 14.9. The van der Waals surface area contributed by atoms with Crippen LogP contribution in [0.25, 0.3) is 111 Å². The Labute approximate surface area is 335 Å². The average Bonchev–Trinajstić information content (AvgIpc) is 3.30. The van der Waals surface area contributed by atoms with Gasteiger partial charge in [-0.1, -0.05) is 152 Å². The highest BCUT2D eigenvalue weighted by Crippen LogP contribution is 2.44. The number of hydrogen-bond donors (Lipinski definition) is 0. The van der Waals surface area contributed by atoms with E-state index in [0.29, 0.717) is 5.82 Å². The molecule has 11 rings (SSSR count). The molecular weight excluding hydrogens is 705 g/mol. The third-order valence-electron chi connectivity index (χ3n) is 11.2. The summed E-state index contributed by atoms with van der Waals surface area (Å²) in [6, 6.07) is 68.6. The molecule has 0 radical (unpaired) electrons. The van der Waals surface area contributed by atoms with E-state index in [2.05, 4.69) is 192 Å². The van der Waals surface area contributed by atoms with Gasteiger partial charge in [-0.3, -0.25) is 9.97 Å². The maximum absolute atomic E-state index is 5.41. The first kappa shape index (κ1) is 33.5. The van der Waals surface area contributed by atoms with E-state index in [9.17, 15) is 0 Å². The van der Waals surface area contributed by atoms with Gasteiger partial charge < -0.3 is 0 Å². The Morgan fingerprint density at radius 2 is 0.724 bits per heavy atom.